The number of hydrogen-bond donors (Lipinski definition) is 1. The second-order valence-corrected chi connectivity index (χ2v) is 10.00. The number of esters is 1. The number of hydrogen-bond acceptors (Lipinski definition) is 7. The normalized spacial score (nSPS) is 15.7. The lowest BCUT2D eigenvalue weighted by Gasteiger charge is -2.36. The van der Waals surface area contributed by atoms with Crippen LogP contribution in [0.15, 0.2) is 52.0 Å². The van der Waals surface area contributed by atoms with Crippen molar-refractivity contribution in [2.24, 2.45) is 5.92 Å². The summed E-state index contributed by atoms with van der Waals surface area (Å²) in [6, 6.07) is 10.4. The first kappa shape index (κ1) is 25.4. The lowest BCUT2D eigenvalue weighted by molar-refractivity contribution is -0.135. The largest absolute Gasteiger partial charge is 0.460 e. The van der Waals surface area contributed by atoms with Crippen molar-refractivity contribution in [3.63, 3.8) is 0 Å². The third kappa shape index (κ3) is 5.65. The Morgan fingerprint density at radius 3 is 2.26 bits per heavy atom. The van der Waals surface area contributed by atoms with E-state index in [9.17, 15) is 22.8 Å². The Bertz CT molecular complexity index is 1120. The molecule has 1 atom stereocenters. The maximum Gasteiger partial charge on any atom is 0.374 e. The highest BCUT2D eigenvalue weighted by atomic mass is 32.2. The number of ether oxygens (including phenoxy) is 1. The van der Waals surface area contributed by atoms with E-state index in [2.05, 4.69) is 5.32 Å². The molecule has 2 aromatic rings. The molecule has 1 unspecified atom stereocenters. The van der Waals surface area contributed by atoms with Gasteiger partial charge in [-0.1, -0.05) is 32.0 Å². The molecule has 0 saturated carbocycles. The number of amides is 2. The highest BCUT2D eigenvalue weighted by molar-refractivity contribution is 7.89. The molecule has 1 fully saturated rings. The van der Waals surface area contributed by atoms with Gasteiger partial charge in [0.15, 0.2) is 0 Å². The molecule has 1 aliphatic heterocycles. The number of benzene rings is 1. The number of piperazine rings is 1. The molecule has 10 nitrogen and oxygen atoms in total. The van der Waals surface area contributed by atoms with Crippen molar-refractivity contribution in [2.75, 3.05) is 32.8 Å². The first-order chi connectivity index (χ1) is 16.1. The van der Waals surface area contributed by atoms with Gasteiger partial charge in [-0.2, -0.15) is 4.31 Å². The van der Waals surface area contributed by atoms with Crippen LogP contribution in [0, 0.1) is 5.92 Å². The summed E-state index contributed by atoms with van der Waals surface area (Å²) in [6.07, 6.45) is 0. The molecule has 11 heteroatoms. The minimum atomic E-state index is -3.98. The van der Waals surface area contributed by atoms with E-state index < -0.39 is 22.0 Å². The topological polar surface area (TPSA) is 126 Å². The summed E-state index contributed by atoms with van der Waals surface area (Å²) in [4.78, 5) is 39.0. The molecule has 34 heavy (non-hydrogen) atoms. The van der Waals surface area contributed by atoms with Crippen LogP contribution in [0.4, 0.5) is 0 Å². The fraction of sp³-hybridized carbons (Fsp3) is 0.435. The van der Waals surface area contributed by atoms with E-state index >= 15 is 0 Å². The monoisotopic (exact) mass is 491 g/mol. The first-order valence-electron chi connectivity index (χ1n) is 11.1. The van der Waals surface area contributed by atoms with Crippen LogP contribution < -0.4 is 5.32 Å². The molecule has 0 spiro atoms. The Morgan fingerprint density at radius 1 is 1.03 bits per heavy atom. The van der Waals surface area contributed by atoms with Gasteiger partial charge in [-0.25, -0.2) is 13.2 Å². The van der Waals surface area contributed by atoms with Crippen molar-refractivity contribution >= 4 is 27.8 Å². The standard InChI is InChI=1S/C23H29N3O7S/c1-4-32-23(29)18-10-11-19(33-18)34(30,31)26-14-12-25(13-15-26)22(28)20(16(2)3)24-21(27)17-8-6-5-7-9-17/h5-11,16,20H,4,12-15H2,1-3H3,(H,24,27). The van der Waals surface area contributed by atoms with E-state index in [1.54, 1.807) is 42.2 Å². The number of rotatable bonds is 8. The van der Waals surface area contributed by atoms with Crippen LogP contribution in [0.2, 0.25) is 0 Å². The summed E-state index contributed by atoms with van der Waals surface area (Å²) in [6.45, 7) is 5.89. The van der Waals surface area contributed by atoms with Gasteiger partial charge >= 0.3 is 5.97 Å². The van der Waals surface area contributed by atoms with E-state index in [1.807, 2.05) is 13.8 Å². The van der Waals surface area contributed by atoms with Gasteiger partial charge in [0, 0.05) is 31.7 Å². The number of carbonyl (C=O) groups excluding carboxylic acids is 3. The fourth-order valence-electron chi connectivity index (χ4n) is 3.57. The summed E-state index contributed by atoms with van der Waals surface area (Å²) >= 11 is 0. The van der Waals surface area contributed by atoms with Crippen LogP contribution in [0.25, 0.3) is 0 Å². The molecule has 1 aromatic carbocycles. The van der Waals surface area contributed by atoms with Crippen molar-refractivity contribution in [1.82, 2.24) is 14.5 Å². The Hall–Kier alpha value is -3.18. The average molecular weight is 492 g/mol. The zero-order valence-electron chi connectivity index (χ0n) is 19.4. The van der Waals surface area contributed by atoms with Crippen LogP contribution in [-0.4, -0.2) is 74.2 Å². The molecule has 2 heterocycles. The summed E-state index contributed by atoms with van der Waals surface area (Å²) in [7, 11) is -3.98. The number of nitrogens with one attached hydrogen (secondary N) is 1. The third-order valence-corrected chi connectivity index (χ3v) is 7.23. The van der Waals surface area contributed by atoms with Gasteiger partial charge in [-0.15, -0.1) is 0 Å². The minimum Gasteiger partial charge on any atom is -0.460 e. The van der Waals surface area contributed by atoms with Gasteiger partial charge in [-0.05, 0) is 37.1 Å². The quantitative estimate of drug-likeness (QED) is 0.558. The summed E-state index contributed by atoms with van der Waals surface area (Å²) in [5, 5.41) is 2.44. The zero-order chi connectivity index (χ0) is 24.9. The maximum atomic E-state index is 13.1. The first-order valence-corrected chi connectivity index (χ1v) is 12.5. The number of furan rings is 1. The molecule has 1 saturated heterocycles. The zero-order valence-corrected chi connectivity index (χ0v) is 20.2. The highest BCUT2D eigenvalue weighted by Crippen LogP contribution is 2.21. The molecule has 1 aliphatic rings. The van der Waals surface area contributed by atoms with E-state index in [4.69, 9.17) is 9.15 Å². The molecule has 1 N–H and O–H groups in total. The Kier molecular flexibility index (Phi) is 8.11. The Balaban J connectivity index is 1.64. The fourth-order valence-corrected chi connectivity index (χ4v) is 4.90. The number of carbonyl (C=O) groups is 3. The molecule has 0 radical (unpaired) electrons. The third-order valence-electron chi connectivity index (χ3n) is 5.46. The number of nitrogens with zero attached hydrogens (tertiary/aromatic N) is 2. The summed E-state index contributed by atoms with van der Waals surface area (Å²) < 4.78 is 37.1. The van der Waals surface area contributed by atoms with Crippen LogP contribution in [0.5, 0.6) is 0 Å². The second-order valence-electron chi connectivity index (χ2n) is 8.13. The minimum absolute atomic E-state index is 0.0565. The van der Waals surface area contributed by atoms with Crippen molar-refractivity contribution in [1.29, 1.82) is 0 Å². The van der Waals surface area contributed by atoms with Crippen molar-refractivity contribution < 1.29 is 32.0 Å². The molecule has 0 aliphatic carbocycles. The van der Waals surface area contributed by atoms with Gasteiger partial charge in [0.2, 0.25) is 16.8 Å². The molecule has 1 aromatic heterocycles. The summed E-state index contributed by atoms with van der Waals surface area (Å²) in [5.74, 6) is -1.70. The Morgan fingerprint density at radius 2 is 1.68 bits per heavy atom. The molecule has 184 valence electrons. The lowest BCUT2D eigenvalue weighted by atomic mass is 10.0. The van der Waals surface area contributed by atoms with Crippen molar-refractivity contribution in [3.05, 3.63) is 53.8 Å². The van der Waals surface area contributed by atoms with Crippen LogP contribution >= 0.6 is 0 Å². The van der Waals surface area contributed by atoms with Crippen LogP contribution in [0.1, 0.15) is 41.7 Å². The second kappa shape index (κ2) is 10.8. The molecule has 2 amide bonds. The SMILES string of the molecule is CCOC(=O)c1ccc(S(=O)(=O)N2CCN(C(=O)C(NC(=O)c3ccccc3)C(C)C)CC2)o1. The van der Waals surface area contributed by atoms with E-state index in [1.165, 1.54) is 16.4 Å². The van der Waals surface area contributed by atoms with Crippen LogP contribution in [0.3, 0.4) is 0 Å². The smallest absolute Gasteiger partial charge is 0.374 e. The van der Waals surface area contributed by atoms with Crippen LogP contribution in [-0.2, 0) is 19.6 Å². The number of sulfonamides is 1. The van der Waals surface area contributed by atoms with Gasteiger partial charge in [0.25, 0.3) is 15.9 Å². The van der Waals surface area contributed by atoms with Gasteiger partial charge in [0.05, 0.1) is 6.61 Å². The van der Waals surface area contributed by atoms with Gasteiger partial charge in [-0.3, -0.25) is 9.59 Å². The molecular weight excluding hydrogens is 462 g/mol. The van der Waals surface area contributed by atoms with Gasteiger partial charge < -0.3 is 19.4 Å². The predicted molar refractivity (Wildman–Crippen MR) is 123 cm³/mol. The maximum absolute atomic E-state index is 13.1. The summed E-state index contributed by atoms with van der Waals surface area (Å²) in [5.41, 5.74) is 0.456. The van der Waals surface area contributed by atoms with Gasteiger partial charge in [0.1, 0.15) is 6.04 Å². The molecule has 3 rings (SSSR count). The Labute approximate surface area is 198 Å². The van der Waals surface area contributed by atoms with Crippen molar-refractivity contribution in [3.8, 4) is 0 Å². The van der Waals surface area contributed by atoms with E-state index in [-0.39, 0.29) is 61.4 Å². The lowest BCUT2D eigenvalue weighted by Crippen LogP contribution is -2.57. The van der Waals surface area contributed by atoms with E-state index in [0.717, 1.165) is 0 Å². The van der Waals surface area contributed by atoms with Crippen molar-refractivity contribution in [2.45, 2.75) is 31.9 Å². The predicted octanol–water partition coefficient (Wildman–Crippen LogP) is 1.74. The molecule has 0 bridgehead atoms. The highest BCUT2D eigenvalue weighted by Gasteiger charge is 2.35. The molecular formula is C23H29N3O7S. The average Bonchev–Trinajstić information content (AvgIpc) is 3.34. The van der Waals surface area contributed by atoms with E-state index in [0.29, 0.717) is 5.56 Å².